The van der Waals surface area contributed by atoms with Gasteiger partial charge in [0.15, 0.2) is 5.79 Å². The molecule has 4 nitrogen and oxygen atoms in total. The van der Waals surface area contributed by atoms with Crippen LogP contribution in [0, 0.1) is 0 Å². The van der Waals surface area contributed by atoms with E-state index >= 15 is 0 Å². The van der Waals surface area contributed by atoms with Gasteiger partial charge in [0.2, 0.25) is 0 Å². The molecule has 0 spiro atoms. The number of aliphatic hydroxyl groups is 2. The van der Waals surface area contributed by atoms with Crippen LogP contribution in [0.3, 0.4) is 0 Å². The van der Waals surface area contributed by atoms with Crippen LogP contribution in [0.25, 0.3) is 43.1 Å². The van der Waals surface area contributed by atoms with Crippen molar-refractivity contribution >= 4 is 61.7 Å². The number of ether oxygens (including phenoxy) is 2. The van der Waals surface area contributed by atoms with Crippen LogP contribution in [0.5, 0.6) is 0 Å². The maximum absolute atomic E-state index is 13.7. The number of benzene rings is 8. The summed E-state index contributed by atoms with van der Waals surface area (Å²) in [4.78, 5) is 0. The Balaban J connectivity index is 0.00000134. The van der Waals surface area contributed by atoms with E-state index in [1.165, 1.54) is 0 Å². The van der Waals surface area contributed by atoms with Crippen LogP contribution in [-0.2, 0) is 37.7 Å². The summed E-state index contributed by atoms with van der Waals surface area (Å²) < 4.78 is 13.8. The van der Waals surface area contributed by atoms with E-state index in [1.807, 2.05) is 159 Å². The van der Waals surface area contributed by atoms with Gasteiger partial charge in [-0.05, 0) is 103 Å². The van der Waals surface area contributed by atoms with Gasteiger partial charge in [-0.15, -0.1) is 0 Å². The summed E-state index contributed by atoms with van der Waals surface area (Å²) in [6.45, 7) is 3.70. The van der Waals surface area contributed by atoms with Crippen molar-refractivity contribution in [3.8, 4) is 0 Å². The van der Waals surface area contributed by atoms with Crippen LogP contribution in [0.2, 0.25) is 0 Å². The molecule has 0 unspecified atom stereocenters. The van der Waals surface area contributed by atoms with E-state index in [9.17, 15) is 10.2 Å². The van der Waals surface area contributed by atoms with Gasteiger partial charge in [0.25, 0.3) is 0 Å². The third-order valence-corrected chi connectivity index (χ3v) is 10.7. The van der Waals surface area contributed by atoms with Crippen molar-refractivity contribution in [2.45, 2.75) is 43.0 Å². The molecule has 1 saturated heterocycles. The van der Waals surface area contributed by atoms with E-state index in [0.717, 1.165) is 43.1 Å². The van der Waals surface area contributed by atoms with Gasteiger partial charge < -0.3 is 19.7 Å². The van der Waals surface area contributed by atoms with Gasteiger partial charge in [-0.1, -0.05) is 146 Å². The number of hydrogen-bond donors (Lipinski definition) is 2. The van der Waals surface area contributed by atoms with E-state index in [1.54, 1.807) is 0 Å². The van der Waals surface area contributed by atoms with E-state index < -0.39 is 46.2 Å². The molecule has 1 aliphatic heterocycles. The SMILES string of the molecule is CC1(C)O[C@H](C(O)(c2ccc3ccccc3c2)c2ccc3ccccc3c2)[C@@H](C(O)(c2ccc3ccccc3c2)c2ccc3ccccc3c2)O1.[Cl][Ti][Cl]. The molecule has 0 saturated carbocycles. The quantitative estimate of drug-likeness (QED) is 0.165. The Hall–Kier alpha value is -4.07. The van der Waals surface area contributed by atoms with E-state index in [2.05, 4.69) is 24.3 Å². The molecule has 54 heavy (non-hydrogen) atoms. The van der Waals surface area contributed by atoms with Crippen molar-refractivity contribution in [2.24, 2.45) is 0 Å². The van der Waals surface area contributed by atoms with Crippen molar-refractivity contribution in [2.75, 3.05) is 0 Å². The Kier molecular flexibility index (Phi) is 10.2. The minimum absolute atomic E-state index is 0.556. The van der Waals surface area contributed by atoms with Gasteiger partial charge in [0.1, 0.15) is 23.4 Å². The van der Waals surface area contributed by atoms with Gasteiger partial charge in [-0.25, -0.2) is 0 Å². The molecule has 9 rings (SSSR count). The molecule has 1 heterocycles. The van der Waals surface area contributed by atoms with Gasteiger partial charge in [-0.3, -0.25) is 0 Å². The molecule has 1 aliphatic rings. The third kappa shape index (κ3) is 6.66. The molecule has 1 fully saturated rings. The predicted molar refractivity (Wildman–Crippen MR) is 217 cm³/mol. The van der Waals surface area contributed by atoms with Crippen molar-refractivity contribution < 1.29 is 36.7 Å². The summed E-state index contributed by atoms with van der Waals surface area (Å²) in [5.74, 6) is -1.15. The van der Waals surface area contributed by atoms with Crippen LogP contribution in [0.1, 0.15) is 36.1 Å². The molecule has 0 amide bonds. The molecular weight excluding hydrogens is 747 g/mol. The second kappa shape index (κ2) is 14.9. The summed E-state index contributed by atoms with van der Waals surface area (Å²) in [5.41, 5.74) is -0.930. The first-order valence-electron chi connectivity index (χ1n) is 17.9. The van der Waals surface area contributed by atoms with Crippen LogP contribution in [-0.4, -0.2) is 28.2 Å². The van der Waals surface area contributed by atoms with Crippen molar-refractivity contribution in [3.05, 3.63) is 192 Å². The van der Waals surface area contributed by atoms with Gasteiger partial charge in [-0.2, -0.15) is 0 Å². The average Bonchev–Trinajstić information content (AvgIpc) is 3.55. The standard InChI is InChI=1S/C47H38O4.2ClH.Ti/c1-45(2)50-43(46(48,39-23-19-31-11-3-7-15-35(31)27-39)40-24-20-32-12-4-8-16-36(32)28-40)44(51-45)47(49,41-25-21-33-13-5-9-17-37(33)29-41)42-26-22-34-14-6-10-18-38(34)30-42;;;/h3-30,43-44,48-49H,1-2H3;2*1H;/q;;;+2/p-2/t43-,44-;;;/m0.../s1. The molecule has 0 radical (unpaired) electrons. The molecule has 8 aromatic carbocycles. The van der Waals surface area contributed by atoms with Crippen molar-refractivity contribution in [3.63, 3.8) is 0 Å². The Morgan fingerprint density at radius 1 is 0.426 bits per heavy atom. The number of rotatable bonds is 6. The van der Waals surface area contributed by atoms with Gasteiger partial charge in [0.05, 0.1) is 0 Å². The summed E-state index contributed by atoms with van der Waals surface area (Å²) in [7, 11) is 9.78. The monoisotopic (exact) mass is 784 g/mol. The molecule has 0 aromatic heterocycles. The fraction of sp³-hybridized carbons (Fsp3) is 0.149. The Labute approximate surface area is 331 Å². The Morgan fingerprint density at radius 3 is 0.889 bits per heavy atom. The topological polar surface area (TPSA) is 58.9 Å². The molecular formula is C47H38Cl2O4Ti. The summed E-state index contributed by atoms with van der Waals surface area (Å²) in [6.07, 6.45) is -2.12. The predicted octanol–water partition coefficient (Wildman–Crippen LogP) is 11.4. The zero-order chi connectivity index (χ0) is 37.5. The number of hydrogen-bond acceptors (Lipinski definition) is 4. The molecule has 7 heteroatoms. The summed E-state index contributed by atoms with van der Waals surface area (Å²) >= 11 is -0.556. The van der Waals surface area contributed by atoms with Gasteiger partial charge >= 0.3 is 35.6 Å². The first-order chi connectivity index (χ1) is 26.1. The molecule has 8 aromatic rings. The first-order valence-corrected chi connectivity index (χ1v) is 22.2. The van der Waals surface area contributed by atoms with E-state index in [0.29, 0.717) is 22.3 Å². The molecule has 268 valence electrons. The number of halogens is 2. The summed E-state index contributed by atoms with van der Waals surface area (Å²) in [6, 6.07) is 56.6. The normalized spacial score (nSPS) is 17.1. The molecule has 0 aliphatic carbocycles. The van der Waals surface area contributed by atoms with Crippen LogP contribution in [0.4, 0.5) is 0 Å². The second-order valence-corrected chi connectivity index (χ2v) is 16.9. The Morgan fingerprint density at radius 2 is 0.648 bits per heavy atom. The van der Waals surface area contributed by atoms with E-state index in [-0.39, 0.29) is 0 Å². The summed E-state index contributed by atoms with van der Waals surface area (Å²) in [5, 5.41) is 35.5. The zero-order valence-electron chi connectivity index (χ0n) is 29.8. The minimum atomic E-state index is -1.76. The van der Waals surface area contributed by atoms with Gasteiger partial charge in [0, 0.05) is 0 Å². The fourth-order valence-electron chi connectivity index (χ4n) is 8.07. The fourth-order valence-corrected chi connectivity index (χ4v) is 8.07. The zero-order valence-corrected chi connectivity index (χ0v) is 32.9. The molecule has 0 bridgehead atoms. The van der Waals surface area contributed by atoms with E-state index in [4.69, 9.17) is 28.1 Å². The van der Waals surface area contributed by atoms with Crippen LogP contribution in [0.15, 0.2) is 170 Å². The maximum atomic E-state index is 13.7. The molecule has 2 atom stereocenters. The first kappa shape index (κ1) is 36.9. The van der Waals surface area contributed by atoms with Crippen molar-refractivity contribution in [1.29, 1.82) is 0 Å². The van der Waals surface area contributed by atoms with Crippen LogP contribution >= 0.6 is 18.6 Å². The average molecular weight is 786 g/mol. The van der Waals surface area contributed by atoms with Crippen molar-refractivity contribution in [1.82, 2.24) is 0 Å². The number of fused-ring (bicyclic) bond motifs is 4. The Bertz CT molecular complexity index is 2290. The van der Waals surface area contributed by atoms with Crippen LogP contribution < -0.4 is 0 Å². The third-order valence-electron chi connectivity index (χ3n) is 10.7. The molecule has 2 N–H and O–H groups in total. The second-order valence-electron chi connectivity index (χ2n) is 14.3.